The maximum atomic E-state index is 9.68. The molecule has 1 aromatic rings. The molecule has 1 aromatic heterocycles. The molecule has 0 aromatic carbocycles. The van der Waals surface area contributed by atoms with E-state index in [2.05, 4.69) is 25.2 Å². The molecule has 20 heavy (non-hydrogen) atoms. The smallest absolute Gasteiger partial charge is 0.107 e. The Morgan fingerprint density at radius 2 is 1.95 bits per heavy atom. The van der Waals surface area contributed by atoms with Gasteiger partial charge in [0, 0.05) is 12.0 Å². The third-order valence-electron chi connectivity index (χ3n) is 3.74. The molecule has 0 amide bonds. The highest BCUT2D eigenvalue weighted by atomic mass is 16.3. The molecule has 0 spiro atoms. The number of nitrogens with one attached hydrogen (secondary N) is 1. The van der Waals surface area contributed by atoms with Gasteiger partial charge in [0.1, 0.15) is 11.5 Å². The summed E-state index contributed by atoms with van der Waals surface area (Å²) in [5.74, 6) is 2.53. The van der Waals surface area contributed by atoms with E-state index in [0.29, 0.717) is 12.0 Å². The summed E-state index contributed by atoms with van der Waals surface area (Å²) >= 11 is 0. The molecule has 1 rings (SSSR count). The molecule has 0 saturated carbocycles. The van der Waals surface area contributed by atoms with E-state index in [0.717, 1.165) is 43.7 Å². The Morgan fingerprint density at radius 1 is 1.25 bits per heavy atom. The molecule has 3 heteroatoms. The predicted molar refractivity (Wildman–Crippen MR) is 84.1 cm³/mol. The minimum Gasteiger partial charge on any atom is -0.466 e. The Morgan fingerprint density at radius 3 is 2.50 bits per heavy atom. The first-order chi connectivity index (χ1) is 9.28. The molecule has 0 aliphatic carbocycles. The predicted octanol–water partition coefficient (Wildman–Crippen LogP) is 4.00. The van der Waals surface area contributed by atoms with Gasteiger partial charge in [0.05, 0.1) is 5.60 Å². The van der Waals surface area contributed by atoms with Crippen LogP contribution in [-0.2, 0) is 0 Å². The highest BCUT2D eigenvalue weighted by Crippen LogP contribution is 2.20. The second-order valence-electron chi connectivity index (χ2n) is 6.70. The van der Waals surface area contributed by atoms with Crippen LogP contribution in [0.2, 0.25) is 0 Å². The van der Waals surface area contributed by atoms with E-state index in [9.17, 15) is 5.11 Å². The van der Waals surface area contributed by atoms with Crippen molar-refractivity contribution in [3.8, 4) is 0 Å². The van der Waals surface area contributed by atoms with E-state index in [1.807, 2.05) is 26.8 Å². The number of furan rings is 1. The van der Waals surface area contributed by atoms with Gasteiger partial charge in [-0.25, -0.2) is 0 Å². The number of rotatable bonds is 9. The lowest BCUT2D eigenvalue weighted by molar-refractivity contribution is 0.0675. The van der Waals surface area contributed by atoms with E-state index in [1.54, 1.807) is 0 Å². The van der Waals surface area contributed by atoms with Crippen LogP contribution in [0.15, 0.2) is 16.5 Å². The Labute approximate surface area is 123 Å². The SMILES string of the molecule is Cc1ccc([C@H](C)CCN[C@H](C)CCCC(C)(C)O)o1. The summed E-state index contributed by atoms with van der Waals surface area (Å²) in [5, 5.41) is 13.2. The van der Waals surface area contributed by atoms with Crippen LogP contribution in [0.4, 0.5) is 0 Å². The molecule has 2 N–H and O–H groups in total. The van der Waals surface area contributed by atoms with Gasteiger partial charge >= 0.3 is 0 Å². The number of hydrogen-bond donors (Lipinski definition) is 2. The van der Waals surface area contributed by atoms with Gasteiger partial charge in [0.2, 0.25) is 0 Å². The largest absolute Gasteiger partial charge is 0.466 e. The molecule has 0 fully saturated rings. The minimum atomic E-state index is -0.536. The summed E-state index contributed by atoms with van der Waals surface area (Å²) in [4.78, 5) is 0. The van der Waals surface area contributed by atoms with Crippen molar-refractivity contribution < 1.29 is 9.52 Å². The van der Waals surface area contributed by atoms with Crippen LogP contribution < -0.4 is 5.32 Å². The number of aliphatic hydroxyl groups is 1. The van der Waals surface area contributed by atoms with Gasteiger partial charge < -0.3 is 14.8 Å². The first kappa shape index (κ1) is 17.3. The maximum absolute atomic E-state index is 9.68. The van der Waals surface area contributed by atoms with Crippen molar-refractivity contribution in [3.63, 3.8) is 0 Å². The first-order valence-corrected chi connectivity index (χ1v) is 7.80. The average molecular weight is 281 g/mol. The standard InChI is InChI=1S/C17H31NO2/c1-13(16-9-8-15(3)20-16)10-12-18-14(2)7-6-11-17(4,5)19/h8-9,13-14,18-19H,6-7,10-12H2,1-5H3/t13-,14-/m1/s1. The summed E-state index contributed by atoms with van der Waals surface area (Å²) in [5.41, 5.74) is -0.536. The van der Waals surface area contributed by atoms with Crippen molar-refractivity contribution in [2.24, 2.45) is 0 Å². The molecule has 1 heterocycles. The van der Waals surface area contributed by atoms with Crippen LogP contribution in [0.3, 0.4) is 0 Å². The van der Waals surface area contributed by atoms with Crippen molar-refractivity contribution in [2.45, 2.75) is 77.9 Å². The maximum Gasteiger partial charge on any atom is 0.107 e. The topological polar surface area (TPSA) is 45.4 Å². The van der Waals surface area contributed by atoms with Gasteiger partial charge in [-0.2, -0.15) is 0 Å². The Kier molecular flexibility index (Phi) is 6.77. The lowest BCUT2D eigenvalue weighted by Crippen LogP contribution is -2.28. The molecule has 0 saturated heterocycles. The van der Waals surface area contributed by atoms with Gasteiger partial charge in [-0.1, -0.05) is 6.92 Å². The van der Waals surface area contributed by atoms with Crippen molar-refractivity contribution in [2.75, 3.05) is 6.54 Å². The van der Waals surface area contributed by atoms with Crippen LogP contribution in [0.1, 0.15) is 70.8 Å². The van der Waals surface area contributed by atoms with Crippen molar-refractivity contribution >= 4 is 0 Å². The fourth-order valence-electron chi connectivity index (χ4n) is 2.35. The van der Waals surface area contributed by atoms with Crippen molar-refractivity contribution in [1.29, 1.82) is 0 Å². The van der Waals surface area contributed by atoms with Gasteiger partial charge in [-0.15, -0.1) is 0 Å². The molecule has 0 aliphatic heterocycles. The number of aryl methyl sites for hydroxylation is 1. The minimum absolute atomic E-state index is 0.458. The van der Waals surface area contributed by atoms with Crippen LogP contribution in [0.25, 0.3) is 0 Å². The van der Waals surface area contributed by atoms with Gasteiger partial charge in [0.25, 0.3) is 0 Å². The highest BCUT2D eigenvalue weighted by molar-refractivity contribution is 5.09. The third kappa shape index (κ3) is 7.11. The monoisotopic (exact) mass is 281 g/mol. The zero-order chi connectivity index (χ0) is 15.2. The second-order valence-corrected chi connectivity index (χ2v) is 6.70. The molecule has 2 atom stereocenters. The zero-order valence-corrected chi connectivity index (χ0v) is 13.7. The molecular formula is C17H31NO2. The normalized spacial score (nSPS) is 15.3. The lowest BCUT2D eigenvalue weighted by atomic mass is 9.99. The van der Waals surface area contributed by atoms with Crippen molar-refractivity contribution in [3.05, 3.63) is 23.7 Å². The summed E-state index contributed by atoms with van der Waals surface area (Å²) in [6, 6.07) is 4.61. The molecule has 0 unspecified atom stereocenters. The van der Waals surface area contributed by atoms with E-state index in [4.69, 9.17) is 4.42 Å². The summed E-state index contributed by atoms with van der Waals surface area (Å²) < 4.78 is 5.65. The fourth-order valence-corrected chi connectivity index (χ4v) is 2.35. The summed E-state index contributed by atoms with van der Waals surface area (Å²) in [7, 11) is 0. The molecule has 116 valence electrons. The molecule has 0 bridgehead atoms. The zero-order valence-electron chi connectivity index (χ0n) is 13.7. The molecule has 0 radical (unpaired) electrons. The van der Waals surface area contributed by atoms with E-state index >= 15 is 0 Å². The van der Waals surface area contributed by atoms with Gasteiger partial charge in [-0.3, -0.25) is 0 Å². The third-order valence-corrected chi connectivity index (χ3v) is 3.74. The lowest BCUT2D eigenvalue weighted by Gasteiger charge is -2.19. The van der Waals surface area contributed by atoms with Crippen molar-refractivity contribution in [1.82, 2.24) is 5.32 Å². The van der Waals surface area contributed by atoms with Crippen LogP contribution in [0.5, 0.6) is 0 Å². The molecule has 3 nitrogen and oxygen atoms in total. The molecule has 0 aliphatic rings. The Balaban J connectivity index is 2.14. The van der Waals surface area contributed by atoms with E-state index < -0.39 is 5.60 Å². The number of hydrogen-bond acceptors (Lipinski definition) is 3. The summed E-state index contributed by atoms with van der Waals surface area (Å²) in [6.07, 6.45) is 4.12. The van der Waals surface area contributed by atoms with Crippen LogP contribution in [-0.4, -0.2) is 23.3 Å². The molecular weight excluding hydrogens is 250 g/mol. The van der Waals surface area contributed by atoms with Gasteiger partial charge in [0.15, 0.2) is 0 Å². The quantitative estimate of drug-likeness (QED) is 0.719. The fraction of sp³-hybridized carbons (Fsp3) is 0.765. The second kappa shape index (κ2) is 7.84. The first-order valence-electron chi connectivity index (χ1n) is 7.80. The highest BCUT2D eigenvalue weighted by Gasteiger charge is 2.13. The van der Waals surface area contributed by atoms with E-state index in [1.165, 1.54) is 0 Å². The summed E-state index contributed by atoms with van der Waals surface area (Å²) in [6.45, 7) is 11.2. The Bertz CT molecular complexity index is 379. The van der Waals surface area contributed by atoms with Crippen LogP contribution >= 0.6 is 0 Å². The van der Waals surface area contributed by atoms with E-state index in [-0.39, 0.29) is 0 Å². The Hall–Kier alpha value is -0.800. The van der Waals surface area contributed by atoms with Crippen LogP contribution in [0, 0.1) is 6.92 Å². The average Bonchev–Trinajstić information content (AvgIpc) is 2.74. The van der Waals surface area contributed by atoms with Gasteiger partial charge in [-0.05, 0) is 72.1 Å².